The maximum atomic E-state index is 13.9. The molecule has 5 aromatic rings. The van der Waals surface area contributed by atoms with Crippen molar-refractivity contribution in [2.75, 3.05) is 0 Å². The molecule has 0 aliphatic heterocycles. The van der Waals surface area contributed by atoms with Crippen molar-refractivity contribution >= 4 is 0 Å². The molecule has 0 radical (unpaired) electrons. The molecule has 7 heteroatoms. The first-order valence-corrected chi connectivity index (χ1v) is 13.5. The van der Waals surface area contributed by atoms with Crippen LogP contribution in [0.3, 0.4) is 0 Å². The summed E-state index contributed by atoms with van der Waals surface area (Å²) in [4.78, 5) is 22.5. The monoisotopic (exact) mass is 529 g/mol. The molecule has 0 fully saturated rings. The van der Waals surface area contributed by atoms with E-state index in [9.17, 15) is 5.11 Å². The molecule has 0 bridgehead atoms. The van der Waals surface area contributed by atoms with Gasteiger partial charge in [0.05, 0.1) is 22.8 Å². The average Bonchev–Trinajstić information content (AvgIpc) is 2.97. The van der Waals surface area contributed by atoms with E-state index in [2.05, 4.69) is 36.7 Å². The molecule has 0 N–H and O–H groups in total. The Balaban J connectivity index is 1.40. The third-order valence-corrected chi connectivity index (χ3v) is 6.62. The van der Waals surface area contributed by atoms with Crippen LogP contribution in [0.15, 0.2) is 110 Å². The summed E-state index contributed by atoms with van der Waals surface area (Å²) in [6.45, 7) is 5.52. The van der Waals surface area contributed by atoms with Crippen LogP contribution in [0.25, 0.3) is 0 Å². The number of benzene rings is 1. The third kappa shape index (κ3) is 7.79. The molecule has 0 unspecified atom stereocenters. The molecule has 202 valence electrons. The van der Waals surface area contributed by atoms with E-state index in [4.69, 9.17) is 0 Å². The minimum atomic E-state index is 0.0738. The normalized spacial score (nSPS) is 11.3. The van der Waals surface area contributed by atoms with Gasteiger partial charge < -0.3 is 5.11 Å². The Kier molecular flexibility index (Phi) is 9.19. The third-order valence-electron chi connectivity index (χ3n) is 6.62. The van der Waals surface area contributed by atoms with E-state index in [1.54, 1.807) is 24.8 Å². The number of hydrogen-bond donors (Lipinski definition) is 0. The molecule has 40 heavy (non-hydrogen) atoms. The van der Waals surface area contributed by atoms with Gasteiger partial charge in [-0.15, -0.1) is 0 Å². The number of pyridine rings is 4. The summed E-state index contributed by atoms with van der Waals surface area (Å²) in [5.41, 5.74) is 6.43. The van der Waals surface area contributed by atoms with Gasteiger partial charge in [0.1, 0.15) is 0 Å². The quantitative estimate of drug-likeness (QED) is 0.224. The molecule has 0 atom stereocenters. The topological polar surface area (TPSA) is 81.1 Å². The van der Waals surface area contributed by atoms with Gasteiger partial charge in [-0.1, -0.05) is 47.7 Å². The summed E-state index contributed by atoms with van der Waals surface area (Å²) in [5.74, 6) is 0.0738. The first-order valence-electron chi connectivity index (χ1n) is 13.5. The second kappa shape index (κ2) is 13.6. The average molecular weight is 530 g/mol. The fraction of sp³-hybridized carbons (Fsp3) is 0.212. The summed E-state index contributed by atoms with van der Waals surface area (Å²) >= 11 is 0. The molecule has 5 rings (SSSR count). The van der Waals surface area contributed by atoms with Gasteiger partial charge in [-0.2, -0.15) is 0 Å². The highest BCUT2D eigenvalue weighted by Gasteiger charge is 2.15. The Labute approximate surface area is 235 Å². The first kappa shape index (κ1) is 27.1. The molecular formula is C33H33N6O-. The lowest BCUT2D eigenvalue weighted by molar-refractivity contribution is -0.271. The summed E-state index contributed by atoms with van der Waals surface area (Å²) in [5, 5.41) is 13.9. The molecule has 0 aliphatic rings. The lowest BCUT2D eigenvalue weighted by Crippen LogP contribution is -2.26. The SMILES string of the molecule is Cc1cc(CN(Cc2ccccn2)Cc2ccccn2)c([O-])c(CN(Cc2ccccn2)Cc2ccccn2)c1. The predicted octanol–water partition coefficient (Wildman–Crippen LogP) is 5.05. The zero-order chi connectivity index (χ0) is 27.6. The number of aromatic nitrogens is 4. The predicted molar refractivity (Wildman–Crippen MR) is 153 cm³/mol. The van der Waals surface area contributed by atoms with E-state index in [0.717, 1.165) is 39.5 Å². The van der Waals surface area contributed by atoms with E-state index in [0.29, 0.717) is 39.3 Å². The van der Waals surface area contributed by atoms with Gasteiger partial charge in [-0.25, -0.2) is 0 Å². The van der Waals surface area contributed by atoms with Crippen LogP contribution in [0.2, 0.25) is 0 Å². The van der Waals surface area contributed by atoms with E-state index >= 15 is 0 Å². The van der Waals surface area contributed by atoms with Gasteiger partial charge in [-0.3, -0.25) is 29.7 Å². The van der Waals surface area contributed by atoms with Crippen molar-refractivity contribution in [3.05, 3.63) is 149 Å². The fourth-order valence-electron chi connectivity index (χ4n) is 4.86. The van der Waals surface area contributed by atoms with E-state index in [1.165, 1.54) is 0 Å². The summed E-state index contributed by atoms with van der Waals surface area (Å²) < 4.78 is 0. The maximum Gasteiger partial charge on any atom is 0.0544 e. The van der Waals surface area contributed by atoms with Gasteiger partial charge in [0.25, 0.3) is 0 Å². The van der Waals surface area contributed by atoms with Crippen molar-refractivity contribution in [2.45, 2.75) is 46.2 Å². The minimum Gasteiger partial charge on any atom is -0.872 e. The second-order valence-electron chi connectivity index (χ2n) is 9.99. The Hall–Kier alpha value is -4.46. The summed E-state index contributed by atoms with van der Waals surface area (Å²) in [7, 11) is 0. The highest BCUT2D eigenvalue weighted by atomic mass is 16.3. The summed E-state index contributed by atoms with van der Waals surface area (Å²) in [6.07, 6.45) is 7.21. The standard InChI is InChI=1S/C33H34N6O/c1-26-18-27(20-38(22-29-10-2-6-14-34-29)23-30-11-3-7-15-35-30)33(40)28(19-26)21-39(24-31-12-4-8-16-36-31)25-32-13-5-9-17-37-32/h2-19,40H,20-25H2,1H3/p-1. The summed E-state index contributed by atoms with van der Waals surface area (Å²) in [6, 6.07) is 27.7. The molecule has 0 saturated carbocycles. The molecule has 1 aromatic carbocycles. The van der Waals surface area contributed by atoms with Crippen LogP contribution in [0.5, 0.6) is 5.75 Å². The van der Waals surface area contributed by atoms with Crippen molar-refractivity contribution in [2.24, 2.45) is 0 Å². The molecule has 4 aromatic heterocycles. The van der Waals surface area contributed by atoms with Crippen LogP contribution in [-0.4, -0.2) is 29.7 Å². The Morgan fingerprint density at radius 1 is 0.500 bits per heavy atom. The minimum absolute atomic E-state index is 0.0738. The fourth-order valence-corrected chi connectivity index (χ4v) is 4.86. The van der Waals surface area contributed by atoms with Gasteiger partial charge in [0, 0.05) is 64.1 Å². The lowest BCUT2D eigenvalue weighted by Gasteiger charge is -2.29. The van der Waals surface area contributed by atoms with Crippen LogP contribution in [0.1, 0.15) is 39.5 Å². The molecule has 7 nitrogen and oxygen atoms in total. The van der Waals surface area contributed by atoms with Crippen LogP contribution >= 0.6 is 0 Å². The van der Waals surface area contributed by atoms with Gasteiger partial charge in [-0.05, 0) is 66.6 Å². The second-order valence-corrected chi connectivity index (χ2v) is 9.99. The molecule has 0 spiro atoms. The number of hydrogen-bond acceptors (Lipinski definition) is 7. The van der Waals surface area contributed by atoms with Gasteiger partial charge in [0.2, 0.25) is 0 Å². The molecular weight excluding hydrogens is 496 g/mol. The van der Waals surface area contributed by atoms with Crippen LogP contribution < -0.4 is 5.11 Å². The number of aryl methyl sites for hydroxylation is 1. The first-order chi connectivity index (χ1) is 19.6. The molecule has 4 heterocycles. The van der Waals surface area contributed by atoms with Crippen molar-refractivity contribution < 1.29 is 5.11 Å². The van der Waals surface area contributed by atoms with Crippen molar-refractivity contribution in [3.8, 4) is 5.75 Å². The number of nitrogens with zero attached hydrogens (tertiary/aromatic N) is 6. The maximum absolute atomic E-state index is 13.9. The largest absolute Gasteiger partial charge is 0.872 e. The highest BCUT2D eigenvalue weighted by Crippen LogP contribution is 2.27. The lowest BCUT2D eigenvalue weighted by atomic mass is 10.0. The molecule has 0 saturated heterocycles. The van der Waals surface area contributed by atoms with E-state index in [-0.39, 0.29) is 5.75 Å². The van der Waals surface area contributed by atoms with E-state index < -0.39 is 0 Å². The van der Waals surface area contributed by atoms with E-state index in [1.807, 2.05) is 84.9 Å². The van der Waals surface area contributed by atoms with Crippen LogP contribution in [-0.2, 0) is 39.3 Å². The van der Waals surface area contributed by atoms with Gasteiger partial charge >= 0.3 is 0 Å². The smallest absolute Gasteiger partial charge is 0.0544 e. The van der Waals surface area contributed by atoms with Crippen molar-refractivity contribution in [1.29, 1.82) is 0 Å². The van der Waals surface area contributed by atoms with Crippen LogP contribution in [0.4, 0.5) is 0 Å². The Morgan fingerprint density at radius 2 is 0.825 bits per heavy atom. The zero-order valence-corrected chi connectivity index (χ0v) is 22.7. The molecule has 0 amide bonds. The van der Waals surface area contributed by atoms with Crippen molar-refractivity contribution in [3.63, 3.8) is 0 Å². The van der Waals surface area contributed by atoms with Crippen LogP contribution in [0, 0.1) is 6.92 Å². The van der Waals surface area contributed by atoms with Gasteiger partial charge in [0.15, 0.2) is 0 Å². The molecule has 0 aliphatic carbocycles. The number of rotatable bonds is 12. The van der Waals surface area contributed by atoms with Crippen molar-refractivity contribution in [1.82, 2.24) is 29.7 Å². The Bertz CT molecular complexity index is 1270. The zero-order valence-electron chi connectivity index (χ0n) is 22.7. The Morgan fingerprint density at radius 3 is 1.10 bits per heavy atom. The highest BCUT2D eigenvalue weighted by molar-refractivity contribution is 5.42.